The van der Waals surface area contributed by atoms with Crippen LogP contribution in [0.2, 0.25) is 0 Å². The highest BCUT2D eigenvalue weighted by Crippen LogP contribution is 2.57. The molecule has 2 unspecified atom stereocenters. The van der Waals surface area contributed by atoms with Gasteiger partial charge in [0.1, 0.15) is 0 Å². The minimum atomic E-state index is -0.0786. The van der Waals surface area contributed by atoms with E-state index in [4.69, 9.17) is 49.7 Å². The van der Waals surface area contributed by atoms with Gasteiger partial charge in [-0.1, -0.05) is 77.8 Å². The summed E-state index contributed by atoms with van der Waals surface area (Å²) in [5.41, 5.74) is 2.42. The molecule has 0 aromatic carbocycles. The van der Waals surface area contributed by atoms with Crippen molar-refractivity contribution in [1.82, 2.24) is 0 Å². The molecular formula is C26H40S8. The first-order chi connectivity index (χ1) is 16.4. The highest BCUT2D eigenvalue weighted by Gasteiger charge is 2.42. The summed E-state index contributed by atoms with van der Waals surface area (Å²) in [6.45, 7) is 9.10. The number of thioether (sulfide) groups is 4. The third-order valence-electron chi connectivity index (χ3n) is 5.63. The van der Waals surface area contributed by atoms with E-state index in [0.717, 1.165) is 38.3 Å². The fraction of sp³-hybridized carbons (Fsp3) is 0.692. The molecule has 0 radical (unpaired) electrons. The predicted molar refractivity (Wildman–Crippen MR) is 181 cm³/mol. The van der Waals surface area contributed by atoms with Gasteiger partial charge in [-0.15, -0.1) is 47.0 Å². The van der Waals surface area contributed by atoms with Crippen LogP contribution in [0.15, 0.2) is 30.8 Å². The van der Waals surface area contributed by atoms with Crippen LogP contribution in [-0.2, 0) is 0 Å². The molecule has 1 fully saturated rings. The van der Waals surface area contributed by atoms with Crippen molar-refractivity contribution in [2.24, 2.45) is 0 Å². The van der Waals surface area contributed by atoms with E-state index in [-0.39, 0.29) is 10.5 Å². The van der Waals surface area contributed by atoms with Gasteiger partial charge in [0.2, 0.25) is 0 Å². The summed E-state index contributed by atoms with van der Waals surface area (Å²) in [6.07, 6.45) is 9.80. The van der Waals surface area contributed by atoms with Crippen molar-refractivity contribution in [2.45, 2.75) is 89.6 Å². The molecule has 2 rings (SSSR count). The molecule has 0 spiro atoms. The SMILES string of the molecule is CCCCSC1=C(SCCCC)C(=C2C(=S)C(S)C(S)C2=S)C(SCCCC)=C1SCCCC. The first-order valence-corrected chi connectivity index (χ1v) is 18.4. The first-order valence-electron chi connectivity index (χ1n) is 12.6. The normalized spacial score (nSPS) is 21.1. The zero-order chi connectivity index (χ0) is 25.1. The summed E-state index contributed by atoms with van der Waals surface area (Å²) < 4.78 is 0. The van der Waals surface area contributed by atoms with Gasteiger partial charge >= 0.3 is 0 Å². The summed E-state index contributed by atoms with van der Waals surface area (Å²) in [4.78, 5) is 7.61. The zero-order valence-electron chi connectivity index (χ0n) is 21.0. The lowest BCUT2D eigenvalue weighted by molar-refractivity contribution is 0.896. The van der Waals surface area contributed by atoms with E-state index in [1.807, 2.05) is 23.5 Å². The molecule has 0 heterocycles. The molecule has 2 aliphatic rings. The Bertz CT molecular complexity index is 744. The second-order valence-corrected chi connectivity index (χ2v) is 14.9. The maximum absolute atomic E-state index is 5.97. The minimum Gasteiger partial charge on any atom is -0.169 e. The molecule has 0 aromatic rings. The van der Waals surface area contributed by atoms with Crippen molar-refractivity contribution < 1.29 is 0 Å². The molecule has 0 bridgehead atoms. The number of rotatable bonds is 16. The summed E-state index contributed by atoms with van der Waals surface area (Å²) in [6, 6.07) is 0. The van der Waals surface area contributed by atoms with Crippen molar-refractivity contribution in [3.8, 4) is 0 Å². The lowest BCUT2D eigenvalue weighted by atomic mass is 10.1. The average Bonchev–Trinajstić information content (AvgIpc) is 3.20. The van der Waals surface area contributed by atoms with E-state index in [0.29, 0.717) is 0 Å². The molecule has 1 saturated carbocycles. The molecule has 2 atom stereocenters. The van der Waals surface area contributed by atoms with Crippen LogP contribution in [0.3, 0.4) is 0 Å². The van der Waals surface area contributed by atoms with Crippen LogP contribution >= 0.6 is 96.7 Å². The lowest BCUT2D eigenvalue weighted by Crippen LogP contribution is -2.15. The van der Waals surface area contributed by atoms with E-state index in [1.54, 1.807) is 0 Å². The maximum atomic E-state index is 5.97. The molecular weight excluding hydrogens is 569 g/mol. The number of hydrogen-bond donors (Lipinski definition) is 2. The Morgan fingerprint density at radius 2 is 0.824 bits per heavy atom. The van der Waals surface area contributed by atoms with Crippen LogP contribution in [0.1, 0.15) is 79.1 Å². The molecule has 192 valence electrons. The molecule has 0 aliphatic heterocycles. The largest absolute Gasteiger partial charge is 0.169 e. The van der Waals surface area contributed by atoms with Crippen molar-refractivity contribution in [1.29, 1.82) is 0 Å². The Morgan fingerprint density at radius 1 is 0.529 bits per heavy atom. The van der Waals surface area contributed by atoms with E-state index >= 15 is 0 Å². The smallest absolute Gasteiger partial charge is 0.0541 e. The molecule has 0 N–H and O–H groups in total. The van der Waals surface area contributed by atoms with E-state index in [2.05, 4.69) is 51.2 Å². The Labute approximate surface area is 247 Å². The Balaban J connectivity index is 2.69. The zero-order valence-corrected chi connectivity index (χ0v) is 27.7. The van der Waals surface area contributed by atoms with Crippen molar-refractivity contribution in [3.63, 3.8) is 0 Å². The van der Waals surface area contributed by atoms with E-state index < -0.39 is 0 Å². The summed E-state index contributed by atoms with van der Waals surface area (Å²) in [5, 5.41) is -0.157. The van der Waals surface area contributed by atoms with Gasteiger partial charge in [0.15, 0.2) is 0 Å². The molecule has 34 heavy (non-hydrogen) atoms. The van der Waals surface area contributed by atoms with Gasteiger partial charge in [-0.2, -0.15) is 25.3 Å². The number of unbranched alkanes of at least 4 members (excludes halogenated alkanes) is 4. The van der Waals surface area contributed by atoms with Gasteiger partial charge in [0, 0.05) is 40.5 Å². The first kappa shape index (κ1) is 31.7. The van der Waals surface area contributed by atoms with Crippen molar-refractivity contribution in [3.05, 3.63) is 30.8 Å². The van der Waals surface area contributed by atoms with Gasteiger partial charge < -0.3 is 0 Å². The maximum Gasteiger partial charge on any atom is 0.0541 e. The third kappa shape index (κ3) is 8.25. The van der Waals surface area contributed by atoms with Gasteiger partial charge in [-0.05, 0) is 48.7 Å². The number of thiocarbonyl (C=S) groups is 2. The fourth-order valence-electron chi connectivity index (χ4n) is 3.53. The van der Waals surface area contributed by atoms with Crippen LogP contribution in [0.25, 0.3) is 0 Å². The minimum absolute atomic E-state index is 0.0786. The quantitative estimate of drug-likeness (QED) is 0.0769. The monoisotopic (exact) mass is 608 g/mol. The molecule has 0 amide bonds. The van der Waals surface area contributed by atoms with Crippen LogP contribution in [0, 0.1) is 0 Å². The third-order valence-corrected chi connectivity index (χ3v) is 13.4. The number of allylic oxidation sites excluding steroid dienone is 3. The van der Waals surface area contributed by atoms with Crippen LogP contribution in [-0.4, -0.2) is 43.2 Å². The summed E-state index contributed by atoms with van der Waals surface area (Å²) in [7, 11) is 0. The summed E-state index contributed by atoms with van der Waals surface area (Å²) in [5.74, 6) is 4.59. The Kier molecular flexibility index (Phi) is 16.0. The Morgan fingerprint density at radius 3 is 1.12 bits per heavy atom. The van der Waals surface area contributed by atoms with E-state index in [9.17, 15) is 0 Å². The number of hydrogen-bond acceptors (Lipinski definition) is 8. The predicted octanol–water partition coefficient (Wildman–Crippen LogP) is 10.2. The topological polar surface area (TPSA) is 0 Å². The fourth-order valence-corrected chi connectivity index (χ4v) is 10.9. The molecule has 0 saturated heterocycles. The van der Waals surface area contributed by atoms with Crippen LogP contribution in [0.5, 0.6) is 0 Å². The lowest BCUT2D eigenvalue weighted by Gasteiger charge is -2.15. The van der Waals surface area contributed by atoms with Crippen LogP contribution < -0.4 is 0 Å². The number of thiol groups is 2. The second-order valence-electron chi connectivity index (χ2n) is 8.49. The average molecular weight is 609 g/mol. The van der Waals surface area contributed by atoms with Crippen molar-refractivity contribution >= 4 is 106 Å². The molecule has 8 heteroatoms. The highest BCUT2D eigenvalue weighted by molar-refractivity contribution is 8.11. The summed E-state index contributed by atoms with van der Waals surface area (Å²) >= 11 is 29.7. The van der Waals surface area contributed by atoms with E-state index in [1.165, 1.54) is 76.6 Å². The van der Waals surface area contributed by atoms with Gasteiger partial charge in [-0.3, -0.25) is 0 Å². The molecule has 0 aromatic heterocycles. The molecule has 2 aliphatic carbocycles. The van der Waals surface area contributed by atoms with Gasteiger partial charge in [-0.25, -0.2) is 0 Å². The Hall–Kier alpha value is 1.50. The van der Waals surface area contributed by atoms with Crippen LogP contribution in [0.4, 0.5) is 0 Å². The molecule has 0 nitrogen and oxygen atoms in total. The second kappa shape index (κ2) is 17.2. The standard InChI is InChI=1S/C26H40S8/c1-5-9-13-31-23-18(17-19(27)21(29)22(30)20(17)28)24(32-14-10-6-2)26(34-16-12-8-4)25(23)33-15-11-7-3/h21-22,29-30H,5-16H2,1-4H3. The van der Waals surface area contributed by atoms with Crippen molar-refractivity contribution in [2.75, 3.05) is 23.0 Å². The van der Waals surface area contributed by atoms with Gasteiger partial charge in [0.05, 0.1) is 10.5 Å². The highest BCUT2D eigenvalue weighted by atomic mass is 32.2. The van der Waals surface area contributed by atoms with Gasteiger partial charge in [0.25, 0.3) is 0 Å².